The van der Waals surface area contributed by atoms with Gasteiger partial charge in [-0.05, 0) is 49.7 Å². The van der Waals surface area contributed by atoms with Crippen molar-refractivity contribution in [3.8, 4) is 6.07 Å². The molecule has 17 heavy (non-hydrogen) atoms. The summed E-state index contributed by atoms with van der Waals surface area (Å²) >= 11 is 0. The summed E-state index contributed by atoms with van der Waals surface area (Å²) < 4.78 is 0. The molecular weight excluding hydrogens is 210 g/mol. The summed E-state index contributed by atoms with van der Waals surface area (Å²) in [6.45, 7) is 6.63. The highest BCUT2D eigenvalue weighted by Crippen LogP contribution is 2.17. The monoisotopic (exact) mass is 229 g/mol. The van der Waals surface area contributed by atoms with E-state index in [0.29, 0.717) is 5.92 Å². The second kappa shape index (κ2) is 5.70. The fraction of sp³-hybridized carbons (Fsp3) is 0.500. The molecule has 3 heteroatoms. The molecule has 1 aliphatic heterocycles. The van der Waals surface area contributed by atoms with Gasteiger partial charge in [0, 0.05) is 18.8 Å². The Morgan fingerprint density at radius 3 is 2.82 bits per heavy atom. The molecular formula is C14H19N3. The number of nitrogens with one attached hydrogen (secondary N) is 1. The summed E-state index contributed by atoms with van der Waals surface area (Å²) in [6, 6.07) is 10.1. The number of rotatable bonds is 1. The van der Waals surface area contributed by atoms with Crippen LogP contribution in [0, 0.1) is 17.2 Å². The Balaban J connectivity index is 2.10. The molecule has 1 N–H and O–H groups in total. The van der Waals surface area contributed by atoms with Crippen molar-refractivity contribution in [1.82, 2.24) is 5.32 Å². The number of hydrogen-bond acceptors (Lipinski definition) is 3. The van der Waals surface area contributed by atoms with Gasteiger partial charge in [0.1, 0.15) is 0 Å². The van der Waals surface area contributed by atoms with Gasteiger partial charge in [-0.15, -0.1) is 0 Å². The standard InChI is InChI=1S/C14H19N3/c1-12-10-16-7-2-8-17(11-12)14-5-3-13(9-15)4-6-14/h3-6,12,16H,2,7-8,10-11H2,1H3. The first-order valence-electron chi connectivity index (χ1n) is 6.25. The number of nitrogens with zero attached hydrogens (tertiary/aromatic N) is 2. The Labute approximate surface area is 103 Å². The number of nitriles is 1. The van der Waals surface area contributed by atoms with Crippen LogP contribution in [0.15, 0.2) is 24.3 Å². The average molecular weight is 229 g/mol. The van der Waals surface area contributed by atoms with E-state index in [9.17, 15) is 0 Å². The van der Waals surface area contributed by atoms with Gasteiger partial charge in [0.15, 0.2) is 0 Å². The fourth-order valence-corrected chi connectivity index (χ4v) is 2.26. The van der Waals surface area contributed by atoms with E-state index in [4.69, 9.17) is 5.26 Å². The maximum Gasteiger partial charge on any atom is 0.0991 e. The Morgan fingerprint density at radius 1 is 1.35 bits per heavy atom. The van der Waals surface area contributed by atoms with E-state index >= 15 is 0 Å². The van der Waals surface area contributed by atoms with Crippen LogP contribution in [0.5, 0.6) is 0 Å². The van der Waals surface area contributed by atoms with E-state index in [0.717, 1.165) is 31.7 Å². The van der Waals surface area contributed by atoms with E-state index in [1.54, 1.807) is 0 Å². The first-order valence-corrected chi connectivity index (χ1v) is 6.25. The Morgan fingerprint density at radius 2 is 2.12 bits per heavy atom. The van der Waals surface area contributed by atoms with E-state index in [1.165, 1.54) is 12.1 Å². The van der Waals surface area contributed by atoms with Gasteiger partial charge >= 0.3 is 0 Å². The lowest BCUT2D eigenvalue weighted by molar-refractivity contribution is 0.468. The molecule has 0 aromatic heterocycles. The molecule has 0 bridgehead atoms. The molecule has 1 aliphatic rings. The van der Waals surface area contributed by atoms with Crippen molar-refractivity contribution in [3.63, 3.8) is 0 Å². The van der Waals surface area contributed by atoms with Crippen molar-refractivity contribution in [2.75, 3.05) is 31.1 Å². The lowest BCUT2D eigenvalue weighted by Gasteiger charge is -2.30. The van der Waals surface area contributed by atoms with Gasteiger partial charge in [-0.1, -0.05) is 6.92 Å². The molecule has 0 aliphatic carbocycles. The quantitative estimate of drug-likeness (QED) is 0.800. The zero-order chi connectivity index (χ0) is 12.1. The summed E-state index contributed by atoms with van der Waals surface area (Å²) in [6.07, 6.45) is 1.17. The highest BCUT2D eigenvalue weighted by atomic mass is 15.1. The molecule has 2 rings (SSSR count). The van der Waals surface area contributed by atoms with Crippen molar-refractivity contribution >= 4 is 5.69 Å². The normalized spacial score (nSPS) is 21.4. The first kappa shape index (κ1) is 11.9. The van der Waals surface area contributed by atoms with Crippen LogP contribution in [-0.2, 0) is 0 Å². The van der Waals surface area contributed by atoms with Gasteiger partial charge in [-0.25, -0.2) is 0 Å². The van der Waals surface area contributed by atoms with E-state index in [1.807, 2.05) is 12.1 Å². The van der Waals surface area contributed by atoms with Crippen molar-refractivity contribution in [2.45, 2.75) is 13.3 Å². The second-order valence-corrected chi connectivity index (χ2v) is 4.77. The second-order valence-electron chi connectivity index (χ2n) is 4.77. The molecule has 0 spiro atoms. The predicted molar refractivity (Wildman–Crippen MR) is 70.0 cm³/mol. The molecule has 0 saturated carbocycles. The summed E-state index contributed by atoms with van der Waals surface area (Å²) in [5.74, 6) is 0.658. The van der Waals surface area contributed by atoms with Crippen LogP contribution in [0.25, 0.3) is 0 Å². The van der Waals surface area contributed by atoms with Crippen LogP contribution in [0.1, 0.15) is 18.9 Å². The predicted octanol–water partition coefficient (Wildman–Crippen LogP) is 1.99. The SMILES string of the molecule is CC1CNCCCN(c2ccc(C#N)cc2)C1. The minimum Gasteiger partial charge on any atom is -0.371 e. The van der Waals surface area contributed by atoms with Gasteiger partial charge in [0.2, 0.25) is 0 Å². The minimum atomic E-state index is 0.658. The molecule has 3 nitrogen and oxygen atoms in total. The zero-order valence-corrected chi connectivity index (χ0v) is 10.3. The van der Waals surface area contributed by atoms with Crippen molar-refractivity contribution in [3.05, 3.63) is 29.8 Å². The Bertz CT molecular complexity index is 391. The van der Waals surface area contributed by atoms with Crippen LogP contribution < -0.4 is 10.2 Å². The smallest absolute Gasteiger partial charge is 0.0991 e. The third-order valence-electron chi connectivity index (χ3n) is 3.17. The Hall–Kier alpha value is -1.53. The zero-order valence-electron chi connectivity index (χ0n) is 10.3. The highest BCUT2D eigenvalue weighted by Gasteiger charge is 2.13. The van der Waals surface area contributed by atoms with Crippen LogP contribution in [0.4, 0.5) is 5.69 Å². The summed E-state index contributed by atoms with van der Waals surface area (Å²) in [4.78, 5) is 2.42. The maximum absolute atomic E-state index is 8.79. The van der Waals surface area contributed by atoms with Crippen LogP contribution in [0.2, 0.25) is 0 Å². The topological polar surface area (TPSA) is 39.1 Å². The molecule has 90 valence electrons. The highest BCUT2D eigenvalue weighted by molar-refractivity contribution is 5.49. The van der Waals surface area contributed by atoms with Gasteiger partial charge in [-0.3, -0.25) is 0 Å². The lowest BCUT2D eigenvalue weighted by Crippen LogP contribution is -2.38. The largest absolute Gasteiger partial charge is 0.371 e. The van der Waals surface area contributed by atoms with Crippen molar-refractivity contribution in [1.29, 1.82) is 5.26 Å². The maximum atomic E-state index is 8.79. The van der Waals surface area contributed by atoms with E-state index in [2.05, 4.69) is 35.3 Å². The van der Waals surface area contributed by atoms with Gasteiger partial charge < -0.3 is 10.2 Å². The average Bonchev–Trinajstić information content (AvgIpc) is 2.34. The number of hydrogen-bond donors (Lipinski definition) is 1. The number of benzene rings is 1. The molecule has 0 amide bonds. The minimum absolute atomic E-state index is 0.658. The molecule has 1 fully saturated rings. The summed E-state index contributed by atoms with van der Waals surface area (Å²) in [5, 5.41) is 12.2. The first-order chi connectivity index (χ1) is 8.29. The summed E-state index contributed by atoms with van der Waals surface area (Å²) in [5.41, 5.74) is 1.97. The molecule has 1 heterocycles. The van der Waals surface area contributed by atoms with Crippen molar-refractivity contribution in [2.24, 2.45) is 5.92 Å². The lowest BCUT2D eigenvalue weighted by atomic mass is 10.1. The third kappa shape index (κ3) is 3.21. The Kier molecular flexibility index (Phi) is 4.00. The molecule has 1 saturated heterocycles. The summed E-state index contributed by atoms with van der Waals surface area (Å²) in [7, 11) is 0. The van der Waals surface area contributed by atoms with Gasteiger partial charge in [-0.2, -0.15) is 5.26 Å². The molecule has 1 unspecified atom stereocenters. The third-order valence-corrected chi connectivity index (χ3v) is 3.17. The van der Waals surface area contributed by atoms with Crippen molar-refractivity contribution < 1.29 is 0 Å². The number of anilines is 1. The molecule has 1 aromatic rings. The molecule has 1 aromatic carbocycles. The van der Waals surface area contributed by atoms with Crippen LogP contribution in [-0.4, -0.2) is 26.2 Å². The van der Waals surface area contributed by atoms with E-state index < -0.39 is 0 Å². The molecule has 1 atom stereocenters. The van der Waals surface area contributed by atoms with Crippen LogP contribution in [0.3, 0.4) is 0 Å². The van der Waals surface area contributed by atoms with E-state index in [-0.39, 0.29) is 0 Å². The van der Waals surface area contributed by atoms with Gasteiger partial charge in [0.05, 0.1) is 11.6 Å². The van der Waals surface area contributed by atoms with Crippen LogP contribution >= 0.6 is 0 Å². The molecule has 0 radical (unpaired) electrons. The fourth-order valence-electron chi connectivity index (χ4n) is 2.26. The van der Waals surface area contributed by atoms with Gasteiger partial charge in [0.25, 0.3) is 0 Å².